The van der Waals surface area contributed by atoms with Gasteiger partial charge in [-0.05, 0) is 37.3 Å². The Morgan fingerprint density at radius 3 is 2.69 bits per heavy atom. The van der Waals surface area contributed by atoms with Crippen LogP contribution in [-0.2, 0) is 23.9 Å². The molecule has 2 aliphatic heterocycles. The molecule has 9 nitrogen and oxygen atoms in total. The van der Waals surface area contributed by atoms with Gasteiger partial charge in [0.1, 0.15) is 18.1 Å². The summed E-state index contributed by atoms with van der Waals surface area (Å²) in [6.07, 6.45) is 2.08. The minimum Gasteiger partial charge on any atom is -0.433 e. The second-order valence-corrected chi connectivity index (χ2v) is 9.67. The topological polar surface area (TPSA) is 114 Å². The van der Waals surface area contributed by atoms with Crippen molar-refractivity contribution in [2.75, 3.05) is 13.2 Å². The molecule has 3 rings (SSSR count). The lowest BCUT2D eigenvalue weighted by Crippen LogP contribution is -2.56. The van der Waals surface area contributed by atoms with E-state index in [1.54, 1.807) is 24.3 Å². The van der Waals surface area contributed by atoms with Gasteiger partial charge in [-0.2, -0.15) is 0 Å². The number of carbonyl (C=O) groups is 4. The maximum atomic E-state index is 13.5. The van der Waals surface area contributed by atoms with E-state index in [1.807, 2.05) is 20.8 Å². The van der Waals surface area contributed by atoms with Crippen LogP contribution in [0.25, 0.3) is 0 Å². The fourth-order valence-electron chi connectivity index (χ4n) is 4.29. The van der Waals surface area contributed by atoms with E-state index in [2.05, 4.69) is 10.6 Å². The molecule has 2 aliphatic rings. The van der Waals surface area contributed by atoms with Crippen molar-refractivity contribution >= 4 is 35.3 Å². The number of ether oxygens (including phenoxy) is 2. The van der Waals surface area contributed by atoms with Gasteiger partial charge in [0.25, 0.3) is 5.91 Å². The van der Waals surface area contributed by atoms with Crippen molar-refractivity contribution in [3.63, 3.8) is 0 Å². The zero-order chi connectivity index (χ0) is 25.5. The van der Waals surface area contributed by atoms with Crippen molar-refractivity contribution in [3.05, 3.63) is 34.9 Å². The second kappa shape index (κ2) is 12.4. The Morgan fingerprint density at radius 1 is 1.26 bits per heavy atom. The van der Waals surface area contributed by atoms with E-state index in [4.69, 9.17) is 21.1 Å². The fourth-order valence-corrected chi connectivity index (χ4v) is 4.51. The molecule has 2 fully saturated rings. The van der Waals surface area contributed by atoms with Gasteiger partial charge in [0.2, 0.25) is 18.1 Å². The summed E-state index contributed by atoms with van der Waals surface area (Å²) in [5.41, 5.74) is 0.281. The smallest absolute Gasteiger partial charge is 0.310 e. The van der Waals surface area contributed by atoms with Crippen LogP contribution in [0.2, 0.25) is 5.02 Å². The minimum absolute atomic E-state index is 0.0196. The fraction of sp³-hybridized carbons (Fsp3) is 0.600. The number of hydrogen-bond donors (Lipinski definition) is 2. The number of unbranched alkanes of at least 4 members (excludes halogenated alkanes) is 1. The highest BCUT2D eigenvalue weighted by Crippen LogP contribution is 2.23. The molecule has 2 N–H and O–H groups in total. The van der Waals surface area contributed by atoms with Gasteiger partial charge in [-0.25, -0.2) is 0 Å². The summed E-state index contributed by atoms with van der Waals surface area (Å²) in [5.74, 6) is -1.78. The Labute approximate surface area is 210 Å². The summed E-state index contributed by atoms with van der Waals surface area (Å²) >= 11 is 6.14. The lowest BCUT2D eigenvalue weighted by molar-refractivity contribution is -0.165. The summed E-state index contributed by atoms with van der Waals surface area (Å²) in [7, 11) is 0. The maximum Gasteiger partial charge on any atom is 0.310 e. The van der Waals surface area contributed by atoms with Crippen LogP contribution >= 0.6 is 11.6 Å². The predicted molar refractivity (Wildman–Crippen MR) is 130 cm³/mol. The van der Waals surface area contributed by atoms with E-state index in [0.717, 1.165) is 12.8 Å². The van der Waals surface area contributed by atoms with Gasteiger partial charge in [-0.15, -0.1) is 0 Å². The van der Waals surface area contributed by atoms with Crippen LogP contribution in [0.15, 0.2) is 24.3 Å². The maximum absolute atomic E-state index is 13.5. The average molecular weight is 508 g/mol. The lowest BCUT2D eigenvalue weighted by atomic mass is 10.0. The zero-order valence-corrected chi connectivity index (χ0v) is 21.2. The number of hydrogen-bond acceptors (Lipinski definition) is 6. The van der Waals surface area contributed by atoms with Crippen LogP contribution < -0.4 is 10.6 Å². The third-order valence-corrected chi connectivity index (χ3v) is 6.58. The van der Waals surface area contributed by atoms with Crippen LogP contribution in [0.1, 0.15) is 63.2 Å². The first kappa shape index (κ1) is 26.9. The molecule has 192 valence electrons. The minimum atomic E-state index is -0.832. The molecule has 0 spiro atoms. The van der Waals surface area contributed by atoms with Crippen LogP contribution in [-0.4, -0.2) is 66.2 Å². The van der Waals surface area contributed by atoms with Crippen LogP contribution in [0.4, 0.5) is 0 Å². The van der Waals surface area contributed by atoms with E-state index >= 15 is 0 Å². The van der Waals surface area contributed by atoms with Crippen molar-refractivity contribution in [1.29, 1.82) is 0 Å². The predicted octanol–water partition coefficient (Wildman–Crippen LogP) is 2.66. The molecule has 0 saturated carbocycles. The number of rotatable bonds is 10. The van der Waals surface area contributed by atoms with Crippen molar-refractivity contribution in [2.24, 2.45) is 5.92 Å². The summed E-state index contributed by atoms with van der Waals surface area (Å²) in [6.45, 7) is 6.52. The van der Waals surface area contributed by atoms with Crippen molar-refractivity contribution in [2.45, 2.75) is 77.3 Å². The third kappa shape index (κ3) is 6.73. The van der Waals surface area contributed by atoms with Gasteiger partial charge in [-0.1, -0.05) is 50.9 Å². The molecule has 2 heterocycles. The van der Waals surface area contributed by atoms with Gasteiger partial charge in [0.05, 0.1) is 23.6 Å². The van der Waals surface area contributed by atoms with Crippen molar-refractivity contribution in [3.8, 4) is 0 Å². The van der Waals surface area contributed by atoms with Crippen LogP contribution in [0, 0.1) is 5.92 Å². The van der Waals surface area contributed by atoms with Crippen LogP contribution in [0.5, 0.6) is 0 Å². The quantitative estimate of drug-likeness (QED) is 0.372. The SMILES string of the molecule is CCCCO[C@@H]1OC(=O)C[C@H]1NC(=O)[C@@H]1CCCN1C(=O)[C@@H](NC(=O)c1ccccc1Cl)C(C)C. The molecule has 0 aromatic heterocycles. The molecule has 1 aromatic rings. The van der Waals surface area contributed by atoms with Gasteiger partial charge < -0.3 is 25.0 Å². The first-order valence-electron chi connectivity index (χ1n) is 12.2. The number of esters is 1. The number of benzene rings is 1. The van der Waals surface area contributed by atoms with Gasteiger partial charge in [-0.3, -0.25) is 19.2 Å². The highest BCUT2D eigenvalue weighted by Gasteiger charge is 2.42. The van der Waals surface area contributed by atoms with E-state index < -0.39 is 36.3 Å². The molecule has 0 radical (unpaired) electrons. The summed E-state index contributed by atoms with van der Waals surface area (Å²) in [6, 6.07) is 4.49. The number of likely N-dealkylation sites (tertiary alicyclic amines) is 1. The number of amides is 3. The Bertz CT molecular complexity index is 940. The van der Waals surface area contributed by atoms with Gasteiger partial charge >= 0.3 is 5.97 Å². The van der Waals surface area contributed by atoms with E-state index in [0.29, 0.717) is 31.0 Å². The highest BCUT2D eigenvalue weighted by atomic mass is 35.5. The Kier molecular flexibility index (Phi) is 9.51. The molecule has 4 atom stereocenters. The number of cyclic esters (lactones) is 1. The second-order valence-electron chi connectivity index (χ2n) is 9.27. The molecule has 0 aliphatic carbocycles. The highest BCUT2D eigenvalue weighted by molar-refractivity contribution is 6.33. The molecule has 2 saturated heterocycles. The monoisotopic (exact) mass is 507 g/mol. The molecular formula is C25H34ClN3O6. The summed E-state index contributed by atoms with van der Waals surface area (Å²) < 4.78 is 10.8. The summed E-state index contributed by atoms with van der Waals surface area (Å²) in [4.78, 5) is 52.8. The standard InChI is InChI=1S/C25H34ClN3O6/c1-4-5-13-34-25-18(14-20(30)35-25)27-23(32)19-11-8-12-29(19)24(33)21(15(2)3)28-22(31)16-9-6-7-10-17(16)26/h6-7,9-10,15,18-19,21,25H,4-5,8,11-14H2,1-3H3,(H,27,32)(H,28,31)/t18-,19+,21+,25-/m1/s1. The van der Waals surface area contributed by atoms with E-state index in [-0.39, 0.29) is 29.7 Å². The summed E-state index contributed by atoms with van der Waals surface area (Å²) in [5, 5.41) is 5.93. The Hall–Kier alpha value is -2.65. The van der Waals surface area contributed by atoms with Gasteiger partial charge in [0, 0.05) is 6.54 Å². The largest absolute Gasteiger partial charge is 0.433 e. The third-order valence-electron chi connectivity index (χ3n) is 6.25. The molecule has 0 unspecified atom stereocenters. The Morgan fingerprint density at radius 2 is 2.00 bits per heavy atom. The van der Waals surface area contributed by atoms with Crippen LogP contribution in [0.3, 0.4) is 0 Å². The average Bonchev–Trinajstić information content (AvgIpc) is 3.44. The van der Waals surface area contributed by atoms with Crippen molar-refractivity contribution < 1.29 is 28.7 Å². The first-order chi connectivity index (χ1) is 16.7. The molecule has 35 heavy (non-hydrogen) atoms. The van der Waals surface area contributed by atoms with E-state index in [1.165, 1.54) is 4.90 Å². The first-order valence-corrected chi connectivity index (χ1v) is 12.6. The zero-order valence-electron chi connectivity index (χ0n) is 20.4. The molecule has 0 bridgehead atoms. The number of nitrogens with one attached hydrogen (secondary N) is 2. The number of halogens is 1. The molecule has 1 aromatic carbocycles. The van der Waals surface area contributed by atoms with Crippen molar-refractivity contribution in [1.82, 2.24) is 15.5 Å². The van der Waals surface area contributed by atoms with E-state index in [9.17, 15) is 19.2 Å². The number of carbonyl (C=O) groups excluding carboxylic acids is 4. The van der Waals surface area contributed by atoms with Gasteiger partial charge in [0.15, 0.2) is 0 Å². The molecule has 3 amide bonds. The number of nitrogens with zero attached hydrogens (tertiary/aromatic N) is 1. The Balaban J connectivity index is 1.67. The normalized spacial score (nSPS) is 22.7. The molecular weight excluding hydrogens is 474 g/mol. The molecule has 10 heteroatoms. The lowest BCUT2D eigenvalue weighted by Gasteiger charge is -2.31.